The van der Waals surface area contributed by atoms with Gasteiger partial charge in [-0.25, -0.2) is 0 Å². The minimum Gasteiger partial charge on any atom is -0.497 e. The molecule has 0 N–H and O–H groups in total. The van der Waals surface area contributed by atoms with E-state index in [4.69, 9.17) is 9.47 Å². The monoisotopic (exact) mass is 450 g/mol. The highest BCUT2D eigenvalue weighted by molar-refractivity contribution is 6.14. The number of Topliss-reactive ketones (excluding diaryl/α,β-unsaturated/α-hetero) is 2. The van der Waals surface area contributed by atoms with E-state index in [1.165, 1.54) is 0 Å². The normalized spacial score (nSPS) is 17.5. The first-order valence-electron chi connectivity index (χ1n) is 11.5. The molecule has 2 aliphatic carbocycles. The van der Waals surface area contributed by atoms with E-state index in [2.05, 4.69) is 0 Å². The Morgan fingerprint density at radius 1 is 0.588 bits per heavy atom. The van der Waals surface area contributed by atoms with Crippen LogP contribution in [0.1, 0.15) is 55.8 Å². The Kier molecular flexibility index (Phi) is 5.89. The van der Waals surface area contributed by atoms with Crippen LogP contribution in [0.5, 0.6) is 11.5 Å². The summed E-state index contributed by atoms with van der Waals surface area (Å²) in [4.78, 5) is 25.9. The minimum absolute atomic E-state index is 0.0817. The van der Waals surface area contributed by atoms with Crippen molar-refractivity contribution in [1.82, 2.24) is 0 Å². The van der Waals surface area contributed by atoms with Crippen molar-refractivity contribution in [3.63, 3.8) is 0 Å². The molecule has 0 fully saturated rings. The van der Waals surface area contributed by atoms with E-state index in [1.54, 1.807) is 14.2 Å². The number of hydrogen-bond donors (Lipinski definition) is 0. The van der Waals surface area contributed by atoms with Crippen LogP contribution in [0.2, 0.25) is 0 Å². The van der Waals surface area contributed by atoms with Crippen LogP contribution in [0.15, 0.2) is 71.8 Å². The summed E-state index contributed by atoms with van der Waals surface area (Å²) in [5, 5.41) is 0. The Morgan fingerprint density at radius 3 is 1.38 bits per heavy atom. The highest BCUT2D eigenvalue weighted by atomic mass is 16.5. The molecular weight excluding hydrogens is 424 g/mol. The third-order valence-electron chi connectivity index (χ3n) is 6.64. The zero-order valence-corrected chi connectivity index (χ0v) is 19.4. The quantitative estimate of drug-likeness (QED) is 0.449. The number of ether oxygens (including phenoxy) is 2. The number of fused-ring (bicyclic) bond motifs is 2. The summed E-state index contributed by atoms with van der Waals surface area (Å²) in [5.41, 5.74) is 7.20. The Bertz CT molecular complexity index is 1240. The van der Waals surface area contributed by atoms with Crippen molar-refractivity contribution < 1.29 is 19.1 Å². The van der Waals surface area contributed by atoms with Gasteiger partial charge in [-0.05, 0) is 96.5 Å². The van der Waals surface area contributed by atoms with Gasteiger partial charge >= 0.3 is 0 Å². The van der Waals surface area contributed by atoms with Crippen LogP contribution >= 0.6 is 0 Å². The number of allylic oxidation sites excluding steroid dienone is 2. The zero-order valence-electron chi connectivity index (χ0n) is 19.4. The van der Waals surface area contributed by atoms with E-state index in [9.17, 15) is 9.59 Å². The van der Waals surface area contributed by atoms with E-state index < -0.39 is 0 Å². The first-order chi connectivity index (χ1) is 16.6. The lowest BCUT2D eigenvalue weighted by atomic mass is 9.85. The maximum atomic E-state index is 13.0. The zero-order chi connectivity index (χ0) is 23.7. The van der Waals surface area contributed by atoms with Gasteiger partial charge in [0, 0.05) is 22.3 Å². The van der Waals surface area contributed by atoms with Crippen LogP contribution < -0.4 is 9.47 Å². The van der Waals surface area contributed by atoms with Gasteiger partial charge in [-0.2, -0.15) is 0 Å². The van der Waals surface area contributed by atoms with E-state index in [0.29, 0.717) is 12.8 Å². The number of ketones is 2. The van der Waals surface area contributed by atoms with Crippen LogP contribution in [-0.4, -0.2) is 25.8 Å². The SMILES string of the molecule is COc1ccc2c(c1)CC/C(=C\c1ccc(/C=C3\CCc4cc(OC)ccc4C3=O)cc1)C2=O. The van der Waals surface area contributed by atoms with Crippen molar-refractivity contribution in [3.05, 3.63) is 105 Å². The molecule has 0 saturated carbocycles. The number of rotatable bonds is 4. The summed E-state index contributed by atoms with van der Waals surface area (Å²) in [7, 11) is 3.27. The van der Waals surface area contributed by atoms with Crippen LogP contribution in [0.4, 0.5) is 0 Å². The Labute approximate surface area is 199 Å². The molecule has 0 heterocycles. The van der Waals surface area contributed by atoms with E-state index in [-0.39, 0.29) is 11.6 Å². The summed E-state index contributed by atoms with van der Waals surface area (Å²) in [5.74, 6) is 1.73. The highest BCUT2D eigenvalue weighted by Crippen LogP contribution is 2.31. The fourth-order valence-corrected chi connectivity index (χ4v) is 4.73. The van der Waals surface area contributed by atoms with Gasteiger partial charge in [0.2, 0.25) is 0 Å². The molecule has 0 amide bonds. The molecular formula is C30H26O4. The lowest BCUT2D eigenvalue weighted by molar-refractivity contribution is 0.101. The number of benzene rings is 3. The van der Waals surface area contributed by atoms with Crippen LogP contribution in [0, 0.1) is 0 Å². The average molecular weight is 451 g/mol. The summed E-state index contributed by atoms with van der Waals surface area (Å²) in [6.45, 7) is 0. The Hall–Kier alpha value is -3.92. The molecule has 4 heteroatoms. The van der Waals surface area contributed by atoms with Gasteiger partial charge in [0.15, 0.2) is 11.6 Å². The molecule has 0 aliphatic heterocycles. The number of aryl methyl sites for hydroxylation is 2. The molecule has 3 aromatic carbocycles. The van der Waals surface area contributed by atoms with Crippen LogP contribution in [-0.2, 0) is 12.8 Å². The topological polar surface area (TPSA) is 52.6 Å². The molecule has 34 heavy (non-hydrogen) atoms. The smallest absolute Gasteiger partial charge is 0.189 e. The number of hydrogen-bond acceptors (Lipinski definition) is 4. The maximum Gasteiger partial charge on any atom is 0.189 e. The second-order valence-corrected chi connectivity index (χ2v) is 8.71. The van der Waals surface area contributed by atoms with Gasteiger partial charge in [-0.1, -0.05) is 24.3 Å². The molecule has 3 aromatic rings. The summed E-state index contributed by atoms with van der Waals surface area (Å²) >= 11 is 0. The lowest BCUT2D eigenvalue weighted by Gasteiger charge is -2.18. The minimum atomic E-state index is 0.0817. The number of carbonyl (C=O) groups excluding carboxylic acids is 2. The van der Waals surface area contributed by atoms with E-state index >= 15 is 0 Å². The first-order valence-corrected chi connectivity index (χ1v) is 11.5. The van der Waals surface area contributed by atoms with Crippen molar-refractivity contribution in [1.29, 1.82) is 0 Å². The maximum absolute atomic E-state index is 13.0. The standard InChI is InChI=1S/C30H26O4/c1-33-25-11-13-27-21(17-25)7-9-23(29(27)31)15-19-3-5-20(6-4-19)16-24-10-8-22-18-26(34-2)12-14-28(22)30(24)32/h3-6,11-18H,7-10H2,1-2H3/b23-15+,24-16+. The average Bonchev–Trinajstić information content (AvgIpc) is 2.88. The van der Waals surface area contributed by atoms with Gasteiger partial charge in [0.05, 0.1) is 14.2 Å². The highest BCUT2D eigenvalue weighted by Gasteiger charge is 2.23. The van der Waals surface area contributed by atoms with Crippen molar-refractivity contribution >= 4 is 23.7 Å². The van der Waals surface area contributed by atoms with Crippen molar-refractivity contribution in [2.24, 2.45) is 0 Å². The summed E-state index contributed by atoms with van der Waals surface area (Å²) in [6.07, 6.45) is 7.02. The summed E-state index contributed by atoms with van der Waals surface area (Å²) in [6, 6.07) is 19.3. The Morgan fingerprint density at radius 2 is 1.00 bits per heavy atom. The first kappa shape index (κ1) is 21.9. The number of methoxy groups -OCH3 is 2. The second-order valence-electron chi connectivity index (χ2n) is 8.71. The summed E-state index contributed by atoms with van der Waals surface area (Å²) < 4.78 is 10.6. The van der Waals surface area contributed by atoms with E-state index in [0.717, 1.165) is 68.9 Å². The predicted octanol–water partition coefficient (Wildman–Crippen LogP) is 6.13. The van der Waals surface area contributed by atoms with Gasteiger partial charge in [-0.3, -0.25) is 9.59 Å². The molecule has 0 unspecified atom stereocenters. The molecule has 0 saturated heterocycles. The van der Waals surface area contributed by atoms with Gasteiger partial charge in [0.1, 0.15) is 11.5 Å². The molecule has 0 spiro atoms. The van der Waals surface area contributed by atoms with Gasteiger partial charge in [0.25, 0.3) is 0 Å². The molecule has 0 bridgehead atoms. The number of carbonyl (C=O) groups is 2. The molecule has 0 aromatic heterocycles. The molecule has 4 nitrogen and oxygen atoms in total. The molecule has 5 rings (SSSR count). The van der Waals surface area contributed by atoms with E-state index in [1.807, 2.05) is 72.8 Å². The van der Waals surface area contributed by atoms with Crippen LogP contribution in [0.3, 0.4) is 0 Å². The fraction of sp³-hybridized carbons (Fsp3) is 0.200. The fourth-order valence-electron chi connectivity index (χ4n) is 4.73. The van der Waals surface area contributed by atoms with Crippen molar-refractivity contribution in [2.45, 2.75) is 25.7 Å². The van der Waals surface area contributed by atoms with Crippen LogP contribution in [0.25, 0.3) is 12.2 Å². The second kappa shape index (κ2) is 9.14. The molecule has 0 radical (unpaired) electrons. The third-order valence-corrected chi connectivity index (χ3v) is 6.64. The van der Waals surface area contributed by atoms with Crippen molar-refractivity contribution in [2.75, 3.05) is 14.2 Å². The third kappa shape index (κ3) is 4.19. The molecule has 0 atom stereocenters. The Balaban J connectivity index is 1.34. The van der Waals surface area contributed by atoms with Gasteiger partial charge < -0.3 is 9.47 Å². The van der Waals surface area contributed by atoms with Crippen molar-refractivity contribution in [3.8, 4) is 11.5 Å². The van der Waals surface area contributed by atoms with Gasteiger partial charge in [-0.15, -0.1) is 0 Å². The molecule has 2 aliphatic rings. The largest absolute Gasteiger partial charge is 0.497 e. The predicted molar refractivity (Wildman–Crippen MR) is 134 cm³/mol. The lowest BCUT2D eigenvalue weighted by Crippen LogP contribution is -2.14. The molecule has 170 valence electrons.